The SMILES string of the molecule is C/C(=C/Cl)CNc1ccccc1. The van der Waals surface area contributed by atoms with Gasteiger partial charge in [-0.05, 0) is 24.6 Å². The van der Waals surface area contributed by atoms with Gasteiger partial charge in [0.25, 0.3) is 0 Å². The molecule has 0 aliphatic carbocycles. The van der Waals surface area contributed by atoms with Crippen molar-refractivity contribution in [2.24, 2.45) is 0 Å². The van der Waals surface area contributed by atoms with Crippen molar-refractivity contribution < 1.29 is 0 Å². The van der Waals surface area contributed by atoms with Crippen molar-refractivity contribution in [3.63, 3.8) is 0 Å². The lowest BCUT2D eigenvalue weighted by Gasteiger charge is -2.04. The van der Waals surface area contributed by atoms with E-state index in [0.29, 0.717) is 0 Å². The van der Waals surface area contributed by atoms with Crippen LogP contribution in [0.1, 0.15) is 6.92 Å². The Morgan fingerprint density at radius 2 is 2.08 bits per heavy atom. The van der Waals surface area contributed by atoms with Gasteiger partial charge >= 0.3 is 0 Å². The average Bonchev–Trinajstić information content (AvgIpc) is 2.16. The second-order valence-electron chi connectivity index (χ2n) is 2.68. The van der Waals surface area contributed by atoms with Gasteiger partial charge in [-0.3, -0.25) is 0 Å². The third-order valence-corrected chi connectivity index (χ3v) is 1.90. The third-order valence-electron chi connectivity index (χ3n) is 1.53. The van der Waals surface area contributed by atoms with Crippen molar-refractivity contribution in [1.82, 2.24) is 0 Å². The van der Waals surface area contributed by atoms with Crippen LogP contribution in [0.2, 0.25) is 0 Å². The smallest absolute Gasteiger partial charge is 0.0369 e. The summed E-state index contributed by atoms with van der Waals surface area (Å²) in [5, 5.41) is 3.24. The number of anilines is 1. The van der Waals surface area contributed by atoms with Crippen LogP contribution in [0.15, 0.2) is 41.4 Å². The van der Waals surface area contributed by atoms with Gasteiger partial charge in [0.15, 0.2) is 0 Å². The minimum Gasteiger partial charge on any atom is -0.381 e. The summed E-state index contributed by atoms with van der Waals surface area (Å²) in [4.78, 5) is 0. The van der Waals surface area contributed by atoms with Crippen LogP contribution in [-0.2, 0) is 0 Å². The fourth-order valence-electron chi connectivity index (χ4n) is 0.836. The third kappa shape index (κ3) is 2.97. The maximum absolute atomic E-state index is 5.52. The molecule has 0 bridgehead atoms. The van der Waals surface area contributed by atoms with Crippen molar-refractivity contribution in [2.75, 3.05) is 11.9 Å². The predicted octanol–water partition coefficient (Wildman–Crippen LogP) is 3.24. The molecule has 0 atom stereocenters. The van der Waals surface area contributed by atoms with Crippen LogP contribution >= 0.6 is 11.6 Å². The first-order chi connectivity index (χ1) is 5.83. The molecule has 1 aromatic rings. The summed E-state index contributed by atoms with van der Waals surface area (Å²) in [6, 6.07) is 10.1. The van der Waals surface area contributed by atoms with E-state index >= 15 is 0 Å². The average molecular weight is 182 g/mol. The van der Waals surface area contributed by atoms with E-state index in [2.05, 4.69) is 5.32 Å². The largest absolute Gasteiger partial charge is 0.381 e. The molecule has 0 aliphatic heterocycles. The molecule has 0 fully saturated rings. The molecule has 0 heterocycles. The van der Waals surface area contributed by atoms with Crippen LogP contribution in [0.25, 0.3) is 0 Å². The van der Waals surface area contributed by atoms with Crippen LogP contribution in [0.5, 0.6) is 0 Å². The monoisotopic (exact) mass is 181 g/mol. The zero-order valence-corrected chi connectivity index (χ0v) is 7.81. The van der Waals surface area contributed by atoms with Crippen LogP contribution in [0.3, 0.4) is 0 Å². The maximum Gasteiger partial charge on any atom is 0.0369 e. The van der Waals surface area contributed by atoms with E-state index in [9.17, 15) is 0 Å². The van der Waals surface area contributed by atoms with Crippen LogP contribution in [0, 0.1) is 0 Å². The molecule has 1 nitrogen and oxygen atoms in total. The fraction of sp³-hybridized carbons (Fsp3) is 0.200. The number of para-hydroxylation sites is 1. The van der Waals surface area contributed by atoms with E-state index in [0.717, 1.165) is 17.8 Å². The maximum atomic E-state index is 5.52. The Labute approximate surface area is 78.1 Å². The Morgan fingerprint density at radius 3 is 2.67 bits per heavy atom. The highest BCUT2D eigenvalue weighted by molar-refractivity contribution is 6.25. The molecule has 0 unspecified atom stereocenters. The van der Waals surface area contributed by atoms with Crippen molar-refractivity contribution >= 4 is 17.3 Å². The quantitative estimate of drug-likeness (QED) is 0.755. The zero-order chi connectivity index (χ0) is 8.81. The molecule has 0 aromatic heterocycles. The molecule has 0 aliphatic rings. The number of benzene rings is 1. The minimum atomic E-state index is 0.799. The molecule has 0 spiro atoms. The molecule has 0 amide bonds. The molecule has 12 heavy (non-hydrogen) atoms. The van der Waals surface area contributed by atoms with Crippen LogP contribution < -0.4 is 5.32 Å². The topological polar surface area (TPSA) is 12.0 Å². The zero-order valence-electron chi connectivity index (χ0n) is 7.05. The molecule has 0 saturated carbocycles. The first-order valence-electron chi connectivity index (χ1n) is 3.87. The lowest BCUT2D eigenvalue weighted by Crippen LogP contribution is -2.01. The first-order valence-corrected chi connectivity index (χ1v) is 4.31. The van der Waals surface area contributed by atoms with E-state index in [1.54, 1.807) is 5.54 Å². The van der Waals surface area contributed by atoms with Crippen molar-refractivity contribution in [3.8, 4) is 0 Å². The van der Waals surface area contributed by atoms with Gasteiger partial charge in [-0.2, -0.15) is 0 Å². The van der Waals surface area contributed by atoms with Gasteiger partial charge in [0.05, 0.1) is 0 Å². The number of nitrogens with one attached hydrogen (secondary N) is 1. The van der Waals surface area contributed by atoms with Gasteiger partial charge in [-0.1, -0.05) is 29.8 Å². The number of hydrogen-bond acceptors (Lipinski definition) is 1. The van der Waals surface area contributed by atoms with Gasteiger partial charge in [0.2, 0.25) is 0 Å². The lowest BCUT2D eigenvalue weighted by molar-refractivity contribution is 1.21. The summed E-state index contributed by atoms with van der Waals surface area (Å²) in [7, 11) is 0. The molecule has 64 valence electrons. The van der Waals surface area contributed by atoms with Gasteiger partial charge in [0, 0.05) is 17.8 Å². The Hall–Kier alpha value is -0.950. The van der Waals surface area contributed by atoms with Gasteiger partial charge < -0.3 is 5.32 Å². The Morgan fingerprint density at radius 1 is 1.42 bits per heavy atom. The van der Waals surface area contributed by atoms with Crippen molar-refractivity contribution in [3.05, 3.63) is 41.4 Å². The second-order valence-corrected chi connectivity index (χ2v) is 2.89. The normalized spacial score (nSPS) is 11.3. The van der Waals surface area contributed by atoms with E-state index in [4.69, 9.17) is 11.6 Å². The fourth-order valence-corrected chi connectivity index (χ4v) is 0.913. The number of rotatable bonds is 3. The summed E-state index contributed by atoms with van der Waals surface area (Å²) in [5.74, 6) is 0. The van der Waals surface area contributed by atoms with E-state index < -0.39 is 0 Å². The number of hydrogen-bond donors (Lipinski definition) is 1. The van der Waals surface area contributed by atoms with Gasteiger partial charge in [0.1, 0.15) is 0 Å². The molecule has 0 radical (unpaired) electrons. The van der Waals surface area contributed by atoms with Crippen LogP contribution in [-0.4, -0.2) is 6.54 Å². The molecule has 2 heteroatoms. The summed E-state index contributed by atoms with van der Waals surface area (Å²) in [5.41, 5.74) is 3.84. The molecule has 1 N–H and O–H groups in total. The Balaban J connectivity index is 2.44. The Kier molecular flexibility index (Phi) is 3.68. The summed E-state index contributed by atoms with van der Waals surface area (Å²) < 4.78 is 0. The molecule has 0 saturated heterocycles. The lowest BCUT2D eigenvalue weighted by atomic mass is 10.3. The first kappa shape index (κ1) is 9.14. The molecule has 1 aromatic carbocycles. The van der Waals surface area contributed by atoms with E-state index in [1.807, 2.05) is 37.3 Å². The van der Waals surface area contributed by atoms with Gasteiger partial charge in [-0.25, -0.2) is 0 Å². The van der Waals surface area contributed by atoms with E-state index in [-0.39, 0.29) is 0 Å². The molecular weight excluding hydrogens is 170 g/mol. The molecular formula is C10H12ClN. The highest BCUT2D eigenvalue weighted by atomic mass is 35.5. The highest BCUT2D eigenvalue weighted by Gasteiger charge is 1.89. The standard InChI is InChI=1S/C10H12ClN/c1-9(7-11)8-12-10-5-3-2-4-6-10/h2-7,12H,8H2,1H3/b9-7-. The molecule has 1 rings (SSSR count). The highest BCUT2D eigenvalue weighted by Crippen LogP contribution is 2.06. The number of halogens is 1. The minimum absolute atomic E-state index is 0.799. The van der Waals surface area contributed by atoms with E-state index in [1.165, 1.54) is 0 Å². The van der Waals surface area contributed by atoms with Crippen molar-refractivity contribution in [2.45, 2.75) is 6.92 Å². The summed E-state index contributed by atoms with van der Waals surface area (Å²) >= 11 is 5.52. The van der Waals surface area contributed by atoms with Gasteiger partial charge in [-0.15, -0.1) is 0 Å². The summed E-state index contributed by atoms with van der Waals surface area (Å²) in [6.45, 7) is 2.79. The Bertz CT molecular complexity index is 254. The second kappa shape index (κ2) is 4.83. The van der Waals surface area contributed by atoms with Crippen molar-refractivity contribution in [1.29, 1.82) is 0 Å². The summed E-state index contributed by atoms with van der Waals surface area (Å²) in [6.07, 6.45) is 0. The predicted molar refractivity (Wildman–Crippen MR) is 54.5 cm³/mol. The van der Waals surface area contributed by atoms with Crippen LogP contribution in [0.4, 0.5) is 5.69 Å².